The number of hydrogen-bond donors (Lipinski definition) is 3. The third-order valence-corrected chi connectivity index (χ3v) is 4.64. The van der Waals surface area contributed by atoms with Crippen molar-refractivity contribution >= 4 is 33.5 Å². The molecule has 1 atom stereocenters. The molecule has 0 aliphatic rings. The maximum atomic E-state index is 12.2. The van der Waals surface area contributed by atoms with Gasteiger partial charge >= 0.3 is 0 Å². The Kier molecular flexibility index (Phi) is 5.48. The van der Waals surface area contributed by atoms with Gasteiger partial charge in [-0.2, -0.15) is 0 Å². The van der Waals surface area contributed by atoms with Gasteiger partial charge in [-0.3, -0.25) is 24.6 Å². The molecule has 6 nitrogen and oxygen atoms in total. The third-order valence-electron chi connectivity index (χ3n) is 3.90. The van der Waals surface area contributed by atoms with Gasteiger partial charge in [-0.25, -0.2) is 0 Å². The molecule has 2 aromatic carbocycles. The summed E-state index contributed by atoms with van der Waals surface area (Å²) >= 11 is 0. The first kappa shape index (κ1) is 17.9. The lowest BCUT2D eigenvalue weighted by Gasteiger charge is -2.08. The molecule has 7 heteroatoms. The minimum atomic E-state index is -0.984. The van der Waals surface area contributed by atoms with Crippen molar-refractivity contribution in [1.29, 1.82) is 0 Å². The van der Waals surface area contributed by atoms with Gasteiger partial charge < -0.3 is 4.98 Å². The van der Waals surface area contributed by atoms with Gasteiger partial charge in [-0.15, -0.1) is 0 Å². The summed E-state index contributed by atoms with van der Waals surface area (Å²) < 4.78 is 11.3. The van der Waals surface area contributed by atoms with Gasteiger partial charge in [-0.1, -0.05) is 30.3 Å². The van der Waals surface area contributed by atoms with Gasteiger partial charge in [0, 0.05) is 45.5 Å². The van der Waals surface area contributed by atoms with E-state index in [1.165, 1.54) is 0 Å². The summed E-state index contributed by atoms with van der Waals surface area (Å²) in [5.74, 6) is -0.344. The first-order valence-corrected chi connectivity index (χ1v) is 9.79. The SMILES string of the molecule is CS(=O)Cc1cccc(C(=O)NNC(=O)Cc2c[nH]c3ccccc23)c1. The van der Waals surface area contributed by atoms with Gasteiger partial charge in [0.05, 0.1) is 6.42 Å². The van der Waals surface area contributed by atoms with E-state index in [-0.39, 0.29) is 12.3 Å². The number of hydrazine groups is 1. The fraction of sp³-hybridized carbons (Fsp3) is 0.158. The van der Waals surface area contributed by atoms with Crippen molar-refractivity contribution in [3.63, 3.8) is 0 Å². The van der Waals surface area contributed by atoms with E-state index in [1.54, 1.807) is 30.7 Å². The van der Waals surface area contributed by atoms with Crippen LogP contribution in [0.1, 0.15) is 21.5 Å². The van der Waals surface area contributed by atoms with Crippen LogP contribution in [0.3, 0.4) is 0 Å². The summed E-state index contributed by atoms with van der Waals surface area (Å²) in [6.07, 6.45) is 3.55. The van der Waals surface area contributed by atoms with Crippen molar-refractivity contribution in [2.24, 2.45) is 0 Å². The Hall–Kier alpha value is -2.93. The molecule has 0 saturated carbocycles. The summed E-state index contributed by atoms with van der Waals surface area (Å²) in [5, 5.41) is 0.981. The van der Waals surface area contributed by atoms with Crippen LogP contribution in [-0.4, -0.2) is 27.3 Å². The highest BCUT2D eigenvalue weighted by atomic mass is 32.2. The predicted molar refractivity (Wildman–Crippen MR) is 102 cm³/mol. The highest BCUT2D eigenvalue weighted by Gasteiger charge is 2.11. The number of rotatable bonds is 5. The molecule has 0 aliphatic carbocycles. The van der Waals surface area contributed by atoms with Gasteiger partial charge in [-0.05, 0) is 29.3 Å². The van der Waals surface area contributed by atoms with Gasteiger partial charge in [0.15, 0.2) is 0 Å². The summed E-state index contributed by atoms with van der Waals surface area (Å²) in [4.78, 5) is 27.4. The Bertz CT molecular complexity index is 981. The topological polar surface area (TPSA) is 91.1 Å². The number of nitrogens with one attached hydrogen (secondary N) is 3. The molecule has 1 aromatic heterocycles. The second kappa shape index (κ2) is 7.97. The van der Waals surface area contributed by atoms with E-state index in [2.05, 4.69) is 15.8 Å². The van der Waals surface area contributed by atoms with E-state index in [9.17, 15) is 13.8 Å². The zero-order chi connectivity index (χ0) is 18.5. The molecule has 3 rings (SSSR count). The molecule has 26 heavy (non-hydrogen) atoms. The van der Waals surface area contributed by atoms with Crippen LogP contribution >= 0.6 is 0 Å². The van der Waals surface area contributed by atoms with Crippen LogP contribution in [0.25, 0.3) is 10.9 Å². The largest absolute Gasteiger partial charge is 0.361 e. The lowest BCUT2D eigenvalue weighted by molar-refractivity contribution is -0.121. The number of carbonyl (C=O) groups is 2. The molecule has 0 spiro atoms. The van der Waals surface area contributed by atoms with E-state index in [0.717, 1.165) is 22.0 Å². The average molecular weight is 369 g/mol. The van der Waals surface area contributed by atoms with Crippen molar-refractivity contribution in [3.8, 4) is 0 Å². The third kappa shape index (κ3) is 4.37. The molecule has 1 unspecified atom stereocenters. The highest BCUT2D eigenvalue weighted by Crippen LogP contribution is 2.17. The zero-order valence-electron chi connectivity index (χ0n) is 14.2. The van der Waals surface area contributed by atoms with Gasteiger partial charge in [0.1, 0.15) is 0 Å². The predicted octanol–water partition coefficient (Wildman–Crippen LogP) is 2.05. The Balaban J connectivity index is 1.59. The molecule has 0 fully saturated rings. The van der Waals surface area contributed by atoms with Crippen molar-refractivity contribution in [2.45, 2.75) is 12.2 Å². The fourth-order valence-electron chi connectivity index (χ4n) is 2.73. The number of para-hydroxylation sites is 1. The lowest BCUT2D eigenvalue weighted by atomic mass is 10.1. The summed E-state index contributed by atoms with van der Waals surface area (Å²) in [6.45, 7) is 0. The Morgan fingerprint density at radius 1 is 1.08 bits per heavy atom. The van der Waals surface area contributed by atoms with Crippen LogP contribution in [-0.2, 0) is 27.8 Å². The fourth-order valence-corrected chi connectivity index (χ4v) is 3.38. The quantitative estimate of drug-likeness (QED) is 0.601. The molecule has 3 aromatic rings. The summed E-state index contributed by atoms with van der Waals surface area (Å²) in [6, 6.07) is 14.6. The molecular formula is C19H19N3O3S. The van der Waals surface area contributed by atoms with Crippen molar-refractivity contribution in [2.75, 3.05) is 6.26 Å². The minimum Gasteiger partial charge on any atom is -0.361 e. The molecule has 0 saturated heterocycles. The number of aromatic nitrogens is 1. The van der Waals surface area contributed by atoms with E-state index in [0.29, 0.717) is 11.3 Å². The Labute approximate surface area is 153 Å². The second-order valence-electron chi connectivity index (χ2n) is 5.96. The van der Waals surface area contributed by atoms with Crippen molar-refractivity contribution < 1.29 is 13.8 Å². The average Bonchev–Trinajstić information content (AvgIpc) is 3.02. The smallest absolute Gasteiger partial charge is 0.269 e. The van der Waals surface area contributed by atoms with Gasteiger partial charge in [0.25, 0.3) is 5.91 Å². The van der Waals surface area contributed by atoms with E-state index < -0.39 is 16.7 Å². The number of benzene rings is 2. The van der Waals surface area contributed by atoms with E-state index >= 15 is 0 Å². The van der Waals surface area contributed by atoms with Crippen LogP contribution in [0.5, 0.6) is 0 Å². The summed E-state index contributed by atoms with van der Waals surface area (Å²) in [5.41, 5.74) is 7.88. The zero-order valence-corrected chi connectivity index (χ0v) is 15.1. The number of hydrogen-bond acceptors (Lipinski definition) is 3. The first-order valence-electron chi connectivity index (χ1n) is 8.06. The molecule has 0 bridgehead atoms. The van der Waals surface area contributed by atoms with Crippen molar-refractivity contribution in [3.05, 3.63) is 71.4 Å². The number of amides is 2. The summed E-state index contributed by atoms with van der Waals surface area (Å²) in [7, 11) is -0.984. The van der Waals surface area contributed by atoms with E-state index in [4.69, 9.17) is 0 Å². The van der Waals surface area contributed by atoms with Crippen molar-refractivity contribution in [1.82, 2.24) is 15.8 Å². The maximum Gasteiger partial charge on any atom is 0.269 e. The number of H-pyrrole nitrogens is 1. The lowest BCUT2D eigenvalue weighted by Crippen LogP contribution is -2.42. The van der Waals surface area contributed by atoms with Crippen LogP contribution in [0.2, 0.25) is 0 Å². The monoisotopic (exact) mass is 369 g/mol. The van der Waals surface area contributed by atoms with Crippen LogP contribution in [0, 0.1) is 0 Å². The molecule has 2 amide bonds. The van der Waals surface area contributed by atoms with Crippen LogP contribution < -0.4 is 10.9 Å². The highest BCUT2D eigenvalue weighted by molar-refractivity contribution is 7.83. The second-order valence-corrected chi connectivity index (χ2v) is 7.39. The molecule has 0 aliphatic heterocycles. The molecule has 1 heterocycles. The first-order chi connectivity index (χ1) is 12.5. The molecule has 0 radical (unpaired) electrons. The number of carbonyl (C=O) groups excluding carboxylic acids is 2. The molecule has 134 valence electrons. The van der Waals surface area contributed by atoms with Gasteiger partial charge in [0.2, 0.25) is 5.91 Å². The van der Waals surface area contributed by atoms with Crippen LogP contribution in [0.15, 0.2) is 54.7 Å². The Morgan fingerprint density at radius 2 is 1.88 bits per heavy atom. The minimum absolute atomic E-state index is 0.152. The number of fused-ring (bicyclic) bond motifs is 1. The Morgan fingerprint density at radius 3 is 2.69 bits per heavy atom. The normalized spacial score (nSPS) is 11.9. The molecule has 3 N–H and O–H groups in total. The maximum absolute atomic E-state index is 12.2. The number of aromatic amines is 1. The standard InChI is InChI=1S/C19H19N3O3S/c1-26(25)12-13-5-4-6-14(9-13)19(24)22-21-18(23)10-15-11-20-17-8-3-2-7-16(15)17/h2-9,11,20H,10,12H2,1H3,(H,21,23)(H,22,24). The van der Waals surface area contributed by atoms with Crippen LogP contribution in [0.4, 0.5) is 0 Å². The molecular weight excluding hydrogens is 350 g/mol. The van der Waals surface area contributed by atoms with E-state index in [1.807, 2.05) is 30.3 Å².